The maximum absolute atomic E-state index is 13.7. The number of amides is 1. The van der Waals surface area contributed by atoms with Crippen molar-refractivity contribution in [2.24, 2.45) is 7.05 Å². The second-order valence-corrected chi connectivity index (χ2v) is 8.03. The van der Waals surface area contributed by atoms with Crippen LogP contribution in [-0.2, 0) is 7.05 Å². The van der Waals surface area contributed by atoms with Crippen LogP contribution in [0.15, 0.2) is 89.0 Å². The number of aryl methyl sites for hydroxylation is 1. The monoisotopic (exact) mass is 410 g/mol. The highest BCUT2D eigenvalue weighted by molar-refractivity contribution is 7.12. The van der Waals surface area contributed by atoms with Gasteiger partial charge in [0.2, 0.25) is 0 Å². The summed E-state index contributed by atoms with van der Waals surface area (Å²) in [5, 5.41) is 7.51. The Morgan fingerprint density at radius 1 is 0.867 bits per heavy atom. The number of fused-ring (bicyclic) bond motifs is 2. The predicted molar refractivity (Wildman–Crippen MR) is 124 cm³/mol. The molecule has 0 unspecified atom stereocenters. The van der Waals surface area contributed by atoms with Crippen LogP contribution in [0.4, 0.5) is 5.82 Å². The van der Waals surface area contributed by atoms with Gasteiger partial charge in [-0.3, -0.25) is 9.59 Å². The van der Waals surface area contributed by atoms with E-state index in [1.54, 1.807) is 6.07 Å². The summed E-state index contributed by atoms with van der Waals surface area (Å²) >= 11 is 1.37. The van der Waals surface area contributed by atoms with E-state index in [4.69, 9.17) is 0 Å². The summed E-state index contributed by atoms with van der Waals surface area (Å²) in [6.45, 7) is 0. The second kappa shape index (κ2) is 7.28. The van der Waals surface area contributed by atoms with E-state index >= 15 is 0 Å². The molecule has 0 spiro atoms. The molecule has 2 heterocycles. The zero-order valence-corrected chi connectivity index (χ0v) is 17.1. The third-order valence-electron chi connectivity index (χ3n) is 5.35. The summed E-state index contributed by atoms with van der Waals surface area (Å²) in [5.74, 6) is 0.269. The first kappa shape index (κ1) is 18.3. The predicted octanol–water partition coefficient (Wildman–Crippen LogP) is 5.67. The molecule has 0 atom stereocenters. The van der Waals surface area contributed by atoms with Gasteiger partial charge in [-0.2, -0.15) is 0 Å². The highest BCUT2D eigenvalue weighted by Crippen LogP contribution is 2.33. The summed E-state index contributed by atoms with van der Waals surface area (Å²) in [5.41, 5.74) is 1.98. The maximum Gasteiger partial charge on any atom is 0.266 e. The number of pyridine rings is 1. The van der Waals surface area contributed by atoms with Crippen molar-refractivity contribution in [2.45, 2.75) is 0 Å². The molecule has 5 aromatic rings. The number of anilines is 1. The number of nitrogens with one attached hydrogen (secondary N) is 1. The molecule has 5 heteroatoms. The van der Waals surface area contributed by atoms with E-state index in [0.29, 0.717) is 21.6 Å². The Balaban J connectivity index is 1.85. The van der Waals surface area contributed by atoms with Crippen molar-refractivity contribution < 1.29 is 4.79 Å². The number of thiophene rings is 1. The molecule has 0 aliphatic rings. The van der Waals surface area contributed by atoms with E-state index in [1.165, 1.54) is 11.3 Å². The molecule has 0 bridgehead atoms. The molecule has 0 saturated carbocycles. The molecule has 4 nitrogen and oxygen atoms in total. The fourth-order valence-corrected chi connectivity index (χ4v) is 4.52. The van der Waals surface area contributed by atoms with Crippen LogP contribution in [0.2, 0.25) is 0 Å². The van der Waals surface area contributed by atoms with Crippen molar-refractivity contribution in [3.8, 4) is 11.1 Å². The van der Waals surface area contributed by atoms with E-state index < -0.39 is 0 Å². The first-order valence-corrected chi connectivity index (χ1v) is 10.5. The van der Waals surface area contributed by atoms with Gasteiger partial charge in [0.05, 0.1) is 16.0 Å². The van der Waals surface area contributed by atoms with E-state index in [1.807, 2.05) is 89.8 Å². The van der Waals surface area contributed by atoms with Gasteiger partial charge in [-0.1, -0.05) is 60.7 Å². The Hall–Kier alpha value is -3.70. The van der Waals surface area contributed by atoms with E-state index in [9.17, 15) is 9.59 Å². The minimum atomic E-state index is -0.225. The van der Waals surface area contributed by atoms with Crippen LogP contribution < -0.4 is 10.7 Å². The summed E-state index contributed by atoms with van der Waals surface area (Å²) < 4.78 is 1.89. The van der Waals surface area contributed by atoms with Gasteiger partial charge >= 0.3 is 0 Å². The van der Waals surface area contributed by atoms with Crippen molar-refractivity contribution in [1.29, 1.82) is 0 Å². The van der Waals surface area contributed by atoms with Gasteiger partial charge in [0.25, 0.3) is 5.91 Å². The van der Waals surface area contributed by atoms with Crippen molar-refractivity contribution in [1.82, 2.24) is 4.57 Å². The Morgan fingerprint density at radius 2 is 1.60 bits per heavy atom. The van der Waals surface area contributed by atoms with Crippen molar-refractivity contribution in [2.75, 3.05) is 5.32 Å². The highest BCUT2D eigenvalue weighted by Gasteiger charge is 2.21. The number of hydrogen-bond donors (Lipinski definition) is 1. The van der Waals surface area contributed by atoms with Gasteiger partial charge in [0.15, 0.2) is 5.43 Å². The molecule has 0 saturated heterocycles. The minimum absolute atomic E-state index is 0.0958. The zero-order chi connectivity index (χ0) is 20.7. The lowest BCUT2D eigenvalue weighted by Gasteiger charge is -2.19. The third-order valence-corrected chi connectivity index (χ3v) is 6.21. The van der Waals surface area contributed by atoms with Crippen LogP contribution in [-0.4, -0.2) is 10.5 Å². The van der Waals surface area contributed by atoms with E-state index in [2.05, 4.69) is 5.32 Å². The molecular formula is C25H18N2O2S. The molecule has 1 amide bonds. The molecule has 5 rings (SSSR count). The topological polar surface area (TPSA) is 51.1 Å². The molecule has 2 aromatic heterocycles. The number of rotatable bonds is 3. The summed E-state index contributed by atoms with van der Waals surface area (Å²) in [7, 11) is 1.88. The number of aromatic nitrogens is 1. The fraction of sp³-hybridized carbons (Fsp3) is 0.0400. The summed E-state index contributed by atoms with van der Waals surface area (Å²) in [6, 6.07) is 25.0. The maximum atomic E-state index is 13.7. The average molecular weight is 410 g/mol. The quantitative estimate of drug-likeness (QED) is 0.416. The third kappa shape index (κ3) is 2.91. The number of carbonyl (C=O) groups is 1. The van der Waals surface area contributed by atoms with Gasteiger partial charge in [-0.05, 0) is 39.9 Å². The zero-order valence-electron chi connectivity index (χ0n) is 16.3. The SMILES string of the molecule is Cn1c(NC(=O)c2cccs2)c(-c2cccc3ccccc23)c(=O)c2ccccc21. The standard InChI is InChI=1S/C25H18N2O2S/c1-27-20-13-5-4-11-19(20)23(28)22(24(27)26-25(29)21-14-7-15-30-21)18-12-6-9-16-8-2-3-10-17(16)18/h2-15H,1H3,(H,26,29). The first-order valence-electron chi connectivity index (χ1n) is 9.60. The minimum Gasteiger partial charge on any atom is -0.330 e. The lowest BCUT2D eigenvalue weighted by Crippen LogP contribution is -2.21. The van der Waals surface area contributed by atoms with Crippen LogP contribution in [0.5, 0.6) is 0 Å². The van der Waals surface area contributed by atoms with Gasteiger partial charge in [0, 0.05) is 12.4 Å². The van der Waals surface area contributed by atoms with Crippen LogP contribution in [0.1, 0.15) is 9.67 Å². The molecule has 0 aliphatic carbocycles. The first-order chi connectivity index (χ1) is 14.6. The lowest BCUT2D eigenvalue weighted by molar-refractivity contribution is 0.103. The van der Waals surface area contributed by atoms with Crippen LogP contribution >= 0.6 is 11.3 Å². The smallest absolute Gasteiger partial charge is 0.266 e. The number of benzene rings is 3. The van der Waals surface area contributed by atoms with Gasteiger partial charge in [0.1, 0.15) is 5.82 Å². The summed E-state index contributed by atoms with van der Waals surface area (Å²) in [4.78, 5) is 27.2. The second-order valence-electron chi connectivity index (χ2n) is 7.09. The van der Waals surface area contributed by atoms with Crippen LogP contribution in [0, 0.1) is 0 Å². The Labute approximate surface area is 177 Å². The van der Waals surface area contributed by atoms with Gasteiger partial charge < -0.3 is 9.88 Å². The Kier molecular flexibility index (Phi) is 4.45. The number of para-hydroxylation sites is 1. The van der Waals surface area contributed by atoms with E-state index in [-0.39, 0.29) is 11.3 Å². The molecule has 30 heavy (non-hydrogen) atoms. The molecule has 0 fully saturated rings. The van der Waals surface area contributed by atoms with Crippen molar-refractivity contribution >= 4 is 44.7 Å². The molecule has 1 N–H and O–H groups in total. The molecule has 0 aliphatic heterocycles. The number of hydrogen-bond acceptors (Lipinski definition) is 3. The molecule has 146 valence electrons. The highest BCUT2D eigenvalue weighted by atomic mass is 32.1. The fourth-order valence-electron chi connectivity index (χ4n) is 3.91. The Bertz CT molecular complexity index is 1460. The summed E-state index contributed by atoms with van der Waals surface area (Å²) in [6.07, 6.45) is 0. The Morgan fingerprint density at radius 3 is 2.40 bits per heavy atom. The van der Waals surface area contributed by atoms with Crippen molar-refractivity contribution in [3.63, 3.8) is 0 Å². The van der Waals surface area contributed by atoms with Crippen LogP contribution in [0.3, 0.4) is 0 Å². The normalized spacial score (nSPS) is 11.1. The average Bonchev–Trinajstić information content (AvgIpc) is 3.32. The molecule has 0 radical (unpaired) electrons. The van der Waals surface area contributed by atoms with Gasteiger partial charge in [-0.25, -0.2) is 0 Å². The van der Waals surface area contributed by atoms with Crippen molar-refractivity contribution in [3.05, 3.63) is 99.3 Å². The largest absolute Gasteiger partial charge is 0.330 e. The lowest BCUT2D eigenvalue weighted by atomic mass is 9.96. The molecular weight excluding hydrogens is 392 g/mol. The number of nitrogens with zero attached hydrogens (tertiary/aromatic N) is 1. The van der Waals surface area contributed by atoms with Crippen LogP contribution in [0.25, 0.3) is 32.8 Å². The molecule has 3 aromatic carbocycles. The number of carbonyl (C=O) groups excluding carboxylic acids is 1. The van der Waals surface area contributed by atoms with Gasteiger partial charge in [-0.15, -0.1) is 11.3 Å². The van der Waals surface area contributed by atoms with E-state index in [0.717, 1.165) is 21.9 Å².